The van der Waals surface area contributed by atoms with Crippen LogP contribution in [0.3, 0.4) is 0 Å². The monoisotopic (exact) mass is 320 g/mol. The summed E-state index contributed by atoms with van der Waals surface area (Å²) in [7, 11) is 1.27. The summed E-state index contributed by atoms with van der Waals surface area (Å²) in [6.07, 6.45) is 1.25. The second kappa shape index (κ2) is 6.51. The fraction of sp³-hybridized carbons (Fsp3) is 0.167. The summed E-state index contributed by atoms with van der Waals surface area (Å²) in [5, 5.41) is 30.3. The zero-order chi connectivity index (χ0) is 17.0. The van der Waals surface area contributed by atoms with Crippen molar-refractivity contribution in [2.45, 2.75) is 6.92 Å². The van der Waals surface area contributed by atoms with Crippen molar-refractivity contribution in [3.63, 3.8) is 0 Å². The molecule has 0 atom stereocenters. The molecule has 23 heavy (non-hydrogen) atoms. The maximum Gasteiger partial charge on any atom is 0.363 e. The lowest BCUT2D eigenvalue weighted by Crippen LogP contribution is -2.15. The molecular formula is C12H12N6O5. The molecule has 0 amide bonds. The number of nitrogens with one attached hydrogen (secondary N) is 2. The van der Waals surface area contributed by atoms with Crippen LogP contribution in [0.2, 0.25) is 0 Å². The minimum Gasteiger partial charge on any atom is -0.500 e. The van der Waals surface area contributed by atoms with Gasteiger partial charge in [-0.05, 0) is 13.0 Å². The summed E-state index contributed by atoms with van der Waals surface area (Å²) in [5.41, 5.74) is 2.06. The van der Waals surface area contributed by atoms with E-state index in [0.29, 0.717) is 11.3 Å². The number of aromatic nitrogens is 3. The maximum atomic E-state index is 11.1. The number of methoxy groups -OCH3 is 1. The fourth-order valence-electron chi connectivity index (χ4n) is 1.65. The second-order valence-electron chi connectivity index (χ2n) is 4.29. The molecule has 0 aliphatic heterocycles. The number of aryl methyl sites for hydroxylation is 1. The third-order valence-electron chi connectivity index (χ3n) is 2.75. The Hall–Kier alpha value is -3.50. The van der Waals surface area contributed by atoms with Gasteiger partial charge in [-0.2, -0.15) is 15.2 Å². The maximum absolute atomic E-state index is 11.1. The molecule has 0 fully saturated rings. The van der Waals surface area contributed by atoms with E-state index >= 15 is 0 Å². The highest BCUT2D eigenvalue weighted by Crippen LogP contribution is 2.36. The summed E-state index contributed by atoms with van der Waals surface area (Å²) in [6.45, 7) is 1.61. The average Bonchev–Trinajstić information content (AvgIpc) is 2.51. The lowest BCUT2D eigenvalue weighted by molar-refractivity contribution is -0.386. The van der Waals surface area contributed by atoms with Crippen molar-refractivity contribution >= 4 is 17.7 Å². The van der Waals surface area contributed by atoms with Crippen LogP contribution >= 0.6 is 0 Å². The molecule has 0 aliphatic rings. The largest absolute Gasteiger partial charge is 0.500 e. The van der Waals surface area contributed by atoms with Crippen molar-refractivity contribution in [3.8, 4) is 11.5 Å². The van der Waals surface area contributed by atoms with E-state index < -0.39 is 22.0 Å². The van der Waals surface area contributed by atoms with Crippen molar-refractivity contribution < 1.29 is 14.8 Å². The molecular weight excluding hydrogens is 308 g/mol. The van der Waals surface area contributed by atoms with Gasteiger partial charge in [-0.3, -0.25) is 15.5 Å². The van der Waals surface area contributed by atoms with Gasteiger partial charge in [0.25, 0.3) is 0 Å². The number of H-pyrrole nitrogens is 1. The number of nitrogens with zero attached hydrogens (tertiary/aromatic N) is 4. The summed E-state index contributed by atoms with van der Waals surface area (Å²) in [4.78, 5) is 24.9. The Morgan fingerprint density at radius 3 is 2.91 bits per heavy atom. The minimum absolute atomic E-state index is 0.0622. The Morgan fingerprint density at radius 2 is 2.26 bits per heavy atom. The number of benzene rings is 1. The first-order chi connectivity index (χ1) is 10.9. The molecule has 0 bridgehead atoms. The van der Waals surface area contributed by atoms with Crippen LogP contribution in [0.15, 0.2) is 22.0 Å². The molecule has 0 unspecified atom stereocenters. The number of hydrogen-bond acceptors (Lipinski definition) is 9. The van der Waals surface area contributed by atoms with Crippen LogP contribution in [-0.2, 0) is 0 Å². The van der Waals surface area contributed by atoms with Crippen molar-refractivity contribution in [1.82, 2.24) is 15.2 Å². The highest BCUT2D eigenvalue weighted by atomic mass is 16.6. The van der Waals surface area contributed by atoms with E-state index in [1.165, 1.54) is 19.4 Å². The molecule has 0 saturated carbocycles. The van der Waals surface area contributed by atoms with Gasteiger partial charge in [-0.15, -0.1) is 0 Å². The Labute approximate surface area is 128 Å². The first-order valence-electron chi connectivity index (χ1n) is 6.20. The molecule has 3 N–H and O–H groups in total. The van der Waals surface area contributed by atoms with Gasteiger partial charge in [0.1, 0.15) is 5.69 Å². The normalized spacial score (nSPS) is 10.7. The van der Waals surface area contributed by atoms with Crippen LogP contribution in [0.25, 0.3) is 0 Å². The summed E-state index contributed by atoms with van der Waals surface area (Å²) in [5.74, 6) is -0.489. The molecule has 2 aromatic rings. The number of phenols is 1. The average molecular weight is 320 g/mol. The van der Waals surface area contributed by atoms with Crippen LogP contribution in [0, 0.1) is 17.0 Å². The summed E-state index contributed by atoms with van der Waals surface area (Å²) >= 11 is 0. The number of aromatic amines is 1. The van der Waals surface area contributed by atoms with Crippen LogP contribution in [0.5, 0.6) is 11.5 Å². The van der Waals surface area contributed by atoms with Gasteiger partial charge >= 0.3 is 11.4 Å². The van der Waals surface area contributed by atoms with E-state index in [1.54, 1.807) is 6.92 Å². The molecule has 120 valence electrons. The lowest BCUT2D eigenvalue weighted by Gasteiger charge is -2.05. The molecule has 2 rings (SSSR count). The number of rotatable bonds is 5. The number of nitro groups is 1. The van der Waals surface area contributed by atoms with Crippen molar-refractivity contribution in [2.24, 2.45) is 5.10 Å². The summed E-state index contributed by atoms with van der Waals surface area (Å²) in [6, 6.07) is 2.49. The van der Waals surface area contributed by atoms with Crippen LogP contribution in [0.1, 0.15) is 11.3 Å². The SMILES string of the molecule is COc1cc(/C=N/Nc2nc(=O)[nH]nc2C)cc([N+](=O)[O-])c1O. The predicted molar refractivity (Wildman–Crippen MR) is 79.9 cm³/mol. The first kappa shape index (κ1) is 15.9. The van der Waals surface area contributed by atoms with E-state index in [2.05, 4.69) is 25.7 Å². The number of ether oxygens (including phenoxy) is 1. The van der Waals surface area contributed by atoms with E-state index in [-0.39, 0.29) is 11.6 Å². The van der Waals surface area contributed by atoms with Crippen LogP contribution in [-0.4, -0.2) is 38.5 Å². The van der Waals surface area contributed by atoms with Gasteiger partial charge in [-0.25, -0.2) is 9.89 Å². The van der Waals surface area contributed by atoms with Crippen LogP contribution < -0.4 is 15.9 Å². The van der Waals surface area contributed by atoms with E-state index in [1.807, 2.05) is 0 Å². The molecule has 0 spiro atoms. The Morgan fingerprint density at radius 1 is 1.52 bits per heavy atom. The fourth-order valence-corrected chi connectivity index (χ4v) is 1.65. The zero-order valence-corrected chi connectivity index (χ0v) is 12.1. The molecule has 11 nitrogen and oxygen atoms in total. The second-order valence-corrected chi connectivity index (χ2v) is 4.29. The van der Waals surface area contributed by atoms with Gasteiger partial charge in [-0.1, -0.05) is 0 Å². The lowest BCUT2D eigenvalue weighted by atomic mass is 10.2. The van der Waals surface area contributed by atoms with E-state index in [4.69, 9.17) is 4.74 Å². The number of nitro benzene ring substituents is 1. The van der Waals surface area contributed by atoms with Gasteiger partial charge in [0.2, 0.25) is 5.75 Å². The van der Waals surface area contributed by atoms with Gasteiger partial charge in [0, 0.05) is 11.6 Å². The highest BCUT2D eigenvalue weighted by molar-refractivity contribution is 5.83. The summed E-state index contributed by atoms with van der Waals surface area (Å²) < 4.78 is 4.87. The Bertz CT molecular complexity index is 831. The Kier molecular flexibility index (Phi) is 4.50. The third-order valence-corrected chi connectivity index (χ3v) is 2.75. The van der Waals surface area contributed by atoms with E-state index in [0.717, 1.165) is 6.07 Å². The third kappa shape index (κ3) is 3.58. The minimum atomic E-state index is -0.741. The topological polar surface area (TPSA) is 156 Å². The van der Waals surface area contributed by atoms with Gasteiger partial charge in [0.05, 0.1) is 18.2 Å². The zero-order valence-electron chi connectivity index (χ0n) is 12.1. The molecule has 1 heterocycles. The standard InChI is InChI=1S/C12H12N6O5/c1-6-11(14-12(20)17-15-6)16-13-5-7-3-8(18(21)22)10(19)9(4-7)23-2/h3-5,19H,1-2H3,(H2,14,16,17,20)/b13-5+. The highest BCUT2D eigenvalue weighted by Gasteiger charge is 2.19. The molecule has 0 aliphatic carbocycles. The molecule has 1 aromatic carbocycles. The van der Waals surface area contributed by atoms with Crippen molar-refractivity contribution in [3.05, 3.63) is 44.0 Å². The molecule has 11 heteroatoms. The molecule has 1 aromatic heterocycles. The number of aromatic hydroxyl groups is 1. The number of hydrogen-bond donors (Lipinski definition) is 3. The van der Waals surface area contributed by atoms with E-state index in [9.17, 15) is 20.0 Å². The van der Waals surface area contributed by atoms with Gasteiger partial charge < -0.3 is 9.84 Å². The van der Waals surface area contributed by atoms with Crippen LogP contribution in [0.4, 0.5) is 11.5 Å². The van der Waals surface area contributed by atoms with Gasteiger partial charge in [0.15, 0.2) is 11.6 Å². The number of phenolic OH excluding ortho intramolecular Hbond substituents is 1. The smallest absolute Gasteiger partial charge is 0.363 e. The first-order valence-corrected chi connectivity index (χ1v) is 6.20. The number of hydrazone groups is 1. The Balaban J connectivity index is 2.29. The quantitative estimate of drug-likeness (QED) is 0.409. The predicted octanol–water partition coefficient (Wildman–Crippen LogP) is 0.542. The molecule has 0 radical (unpaired) electrons. The van der Waals surface area contributed by atoms with Crippen molar-refractivity contribution in [1.29, 1.82) is 0 Å². The molecule has 0 saturated heterocycles. The van der Waals surface area contributed by atoms with Crippen molar-refractivity contribution in [2.75, 3.05) is 12.5 Å². The number of anilines is 1.